The van der Waals surface area contributed by atoms with Gasteiger partial charge < -0.3 is 5.32 Å². The fraction of sp³-hybridized carbons (Fsp3) is 0.417. The molecule has 2 N–H and O–H groups in total. The molecule has 1 unspecified atom stereocenters. The maximum atomic E-state index is 4.35. The van der Waals surface area contributed by atoms with Crippen molar-refractivity contribution in [2.24, 2.45) is 0 Å². The lowest BCUT2D eigenvalue weighted by Gasteiger charge is -2.14. The summed E-state index contributed by atoms with van der Waals surface area (Å²) in [6.45, 7) is 6.86. The van der Waals surface area contributed by atoms with E-state index in [2.05, 4.69) is 32.4 Å². The van der Waals surface area contributed by atoms with Crippen molar-refractivity contribution in [3.63, 3.8) is 0 Å². The summed E-state index contributed by atoms with van der Waals surface area (Å²) in [5.74, 6) is 0. The van der Waals surface area contributed by atoms with E-state index in [1.807, 2.05) is 20.0 Å². The summed E-state index contributed by atoms with van der Waals surface area (Å²) in [7, 11) is 0. The molecule has 0 saturated heterocycles. The van der Waals surface area contributed by atoms with Crippen molar-refractivity contribution in [3.05, 3.63) is 41.2 Å². The predicted octanol–water partition coefficient (Wildman–Crippen LogP) is 1.67. The zero-order valence-corrected chi connectivity index (χ0v) is 10.4. The zero-order chi connectivity index (χ0) is 12.3. The number of aromatic amines is 1. The summed E-state index contributed by atoms with van der Waals surface area (Å²) < 4.78 is 0. The molecular weight excluding hydrogens is 214 g/mol. The van der Waals surface area contributed by atoms with Crippen LogP contribution in [0.5, 0.6) is 0 Å². The maximum absolute atomic E-state index is 4.35. The summed E-state index contributed by atoms with van der Waals surface area (Å²) >= 11 is 0. The molecule has 0 aliphatic rings. The van der Waals surface area contributed by atoms with Crippen molar-refractivity contribution < 1.29 is 0 Å². The van der Waals surface area contributed by atoms with Gasteiger partial charge in [0.2, 0.25) is 0 Å². The Morgan fingerprint density at radius 3 is 2.71 bits per heavy atom. The Morgan fingerprint density at radius 1 is 1.29 bits per heavy atom. The van der Waals surface area contributed by atoms with Crippen molar-refractivity contribution in [3.8, 4) is 0 Å². The summed E-state index contributed by atoms with van der Waals surface area (Å²) in [4.78, 5) is 8.59. The van der Waals surface area contributed by atoms with Crippen LogP contribution in [-0.4, -0.2) is 20.2 Å². The van der Waals surface area contributed by atoms with E-state index in [0.29, 0.717) is 0 Å². The smallest absolute Gasteiger partial charge is 0.0782 e. The van der Waals surface area contributed by atoms with Gasteiger partial charge in [-0.1, -0.05) is 0 Å². The lowest BCUT2D eigenvalue weighted by molar-refractivity contribution is 0.554. The van der Waals surface area contributed by atoms with Gasteiger partial charge in [-0.2, -0.15) is 5.10 Å². The van der Waals surface area contributed by atoms with Gasteiger partial charge >= 0.3 is 0 Å². The second-order valence-electron chi connectivity index (χ2n) is 4.15. The number of aromatic nitrogens is 4. The minimum atomic E-state index is 0.179. The molecule has 17 heavy (non-hydrogen) atoms. The van der Waals surface area contributed by atoms with Gasteiger partial charge in [0.1, 0.15) is 0 Å². The first-order chi connectivity index (χ1) is 8.18. The number of hydrogen-bond donors (Lipinski definition) is 2. The zero-order valence-electron chi connectivity index (χ0n) is 10.4. The van der Waals surface area contributed by atoms with Crippen LogP contribution in [-0.2, 0) is 6.54 Å². The van der Waals surface area contributed by atoms with Crippen molar-refractivity contribution in [2.75, 3.05) is 0 Å². The van der Waals surface area contributed by atoms with Gasteiger partial charge in [0.25, 0.3) is 0 Å². The van der Waals surface area contributed by atoms with Crippen LogP contribution in [0.15, 0.2) is 18.6 Å². The van der Waals surface area contributed by atoms with Crippen molar-refractivity contribution in [1.82, 2.24) is 25.5 Å². The minimum Gasteiger partial charge on any atom is -0.305 e. The van der Waals surface area contributed by atoms with Gasteiger partial charge in [-0.05, 0) is 20.8 Å². The highest BCUT2D eigenvalue weighted by Crippen LogP contribution is 2.13. The third-order valence-electron chi connectivity index (χ3n) is 2.86. The first-order valence-corrected chi connectivity index (χ1v) is 5.68. The van der Waals surface area contributed by atoms with Gasteiger partial charge in [-0.15, -0.1) is 0 Å². The summed E-state index contributed by atoms with van der Waals surface area (Å²) in [6.07, 6.45) is 5.29. The third kappa shape index (κ3) is 2.68. The van der Waals surface area contributed by atoms with Crippen LogP contribution in [0.3, 0.4) is 0 Å². The number of H-pyrrole nitrogens is 1. The molecule has 0 aliphatic heterocycles. The van der Waals surface area contributed by atoms with Crippen molar-refractivity contribution in [1.29, 1.82) is 0 Å². The SMILES string of the molecule is Cc1nccnc1C(C)NCc1cn[nH]c1C. The van der Waals surface area contributed by atoms with Crippen LogP contribution in [0.1, 0.15) is 35.6 Å². The average molecular weight is 231 g/mol. The van der Waals surface area contributed by atoms with E-state index >= 15 is 0 Å². The molecule has 5 nitrogen and oxygen atoms in total. The molecule has 0 aromatic carbocycles. The molecule has 0 fully saturated rings. The molecule has 2 rings (SSSR count). The van der Waals surface area contributed by atoms with E-state index in [-0.39, 0.29) is 6.04 Å². The van der Waals surface area contributed by atoms with Gasteiger partial charge in [-0.3, -0.25) is 15.1 Å². The minimum absolute atomic E-state index is 0.179. The van der Waals surface area contributed by atoms with Gasteiger partial charge in [0.05, 0.1) is 17.6 Å². The van der Waals surface area contributed by atoms with E-state index < -0.39 is 0 Å². The van der Waals surface area contributed by atoms with Crippen LogP contribution >= 0.6 is 0 Å². The molecule has 0 saturated carbocycles. The highest BCUT2D eigenvalue weighted by atomic mass is 15.1. The van der Waals surface area contributed by atoms with Crippen LogP contribution in [0.25, 0.3) is 0 Å². The van der Waals surface area contributed by atoms with Gasteiger partial charge in [0, 0.05) is 36.2 Å². The largest absolute Gasteiger partial charge is 0.305 e. The lowest BCUT2D eigenvalue weighted by Crippen LogP contribution is -2.20. The Hall–Kier alpha value is -1.75. The average Bonchev–Trinajstić information content (AvgIpc) is 2.72. The van der Waals surface area contributed by atoms with Crippen molar-refractivity contribution in [2.45, 2.75) is 33.4 Å². The number of rotatable bonds is 4. The Morgan fingerprint density at radius 2 is 2.06 bits per heavy atom. The Kier molecular flexibility index (Phi) is 3.49. The summed E-state index contributed by atoms with van der Waals surface area (Å²) in [5.41, 5.74) is 4.24. The third-order valence-corrected chi connectivity index (χ3v) is 2.86. The van der Waals surface area contributed by atoms with E-state index in [0.717, 1.165) is 23.6 Å². The van der Waals surface area contributed by atoms with Crippen LogP contribution < -0.4 is 5.32 Å². The monoisotopic (exact) mass is 231 g/mol. The Bertz CT molecular complexity index is 491. The first-order valence-electron chi connectivity index (χ1n) is 5.68. The molecular formula is C12H17N5. The summed E-state index contributed by atoms with van der Waals surface area (Å²) in [5, 5.41) is 10.3. The topological polar surface area (TPSA) is 66.5 Å². The maximum Gasteiger partial charge on any atom is 0.0782 e. The fourth-order valence-corrected chi connectivity index (χ4v) is 1.76. The van der Waals surface area contributed by atoms with Gasteiger partial charge in [0.15, 0.2) is 0 Å². The molecule has 1 atom stereocenters. The molecule has 0 spiro atoms. The molecule has 0 bridgehead atoms. The first kappa shape index (κ1) is 11.7. The van der Waals surface area contributed by atoms with E-state index in [4.69, 9.17) is 0 Å². The highest BCUT2D eigenvalue weighted by Gasteiger charge is 2.10. The number of aryl methyl sites for hydroxylation is 2. The number of hydrogen-bond acceptors (Lipinski definition) is 4. The molecule has 5 heteroatoms. The number of nitrogens with zero attached hydrogens (tertiary/aromatic N) is 3. The quantitative estimate of drug-likeness (QED) is 0.840. The molecule has 0 radical (unpaired) electrons. The molecule has 2 aromatic rings. The number of nitrogens with one attached hydrogen (secondary N) is 2. The van der Waals surface area contributed by atoms with E-state index in [9.17, 15) is 0 Å². The standard InChI is InChI=1S/C12H17N5/c1-8-11(7-16-17-8)6-15-10(3)12-9(2)13-4-5-14-12/h4-5,7,10,15H,6H2,1-3H3,(H,16,17). The predicted molar refractivity (Wildman–Crippen MR) is 65.3 cm³/mol. The van der Waals surface area contributed by atoms with Crippen LogP contribution in [0.2, 0.25) is 0 Å². The molecule has 0 aliphatic carbocycles. The second-order valence-corrected chi connectivity index (χ2v) is 4.15. The molecule has 2 aromatic heterocycles. The Labute approximate surface area is 101 Å². The fourth-order valence-electron chi connectivity index (χ4n) is 1.76. The summed E-state index contributed by atoms with van der Waals surface area (Å²) in [6, 6.07) is 0.179. The van der Waals surface area contributed by atoms with E-state index in [1.165, 1.54) is 5.56 Å². The normalized spacial score (nSPS) is 12.6. The Balaban J connectivity index is 2.01. The second kappa shape index (κ2) is 5.05. The molecule has 2 heterocycles. The molecule has 90 valence electrons. The highest BCUT2D eigenvalue weighted by molar-refractivity contribution is 5.16. The van der Waals surface area contributed by atoms with Gasteiger partial charge in [-0.25, -0.2) is 0 Å². The lowest BCUT2D eigenvalue weighted by atomic mass is 10.1. The van der Waals surface area contributed by atoms with Crippen LogP contribution in [0, 0.1) is 13.8 Å². The van der Waals surface area contributed by atoms with E-state index in [1.54, 1.807) is 12.4 Å². The van der Waals surface area contributed by atoms with Crippen LogP contribution in [0.4, 0.5) is 0 Å². The van der Waals surface area contributed by atoms with Crippen molar-refractivity contribution >= 4 is 0 Å². The molecule has 0 amide bonds.